The van der Waals surface area contributed by atoms with E-state index < -0.39 is 0 Å². The molecule has 0 unspecified atom stereocenters. The SMILES string of the molecule is Cc1ccccc1CCC(=O)N1Cc2ccnn2CC[C@H]1CO. The quantitative estimate of drug-likeness (QED) is 0.938. The Morgan fingerprint density at radius 3 is 2.96 bits per heavy atom. The molecule has 5 nitrogen and oxygen atoms in total. The van der Waals surface area contributed by atoms with Gasteiger partial charge in [0, 0.05) is 19.2 Å². The van der Waals surface area contributed by atoms with E-state index in [-0.39, 0.29) is 18.6 Å². The minimum Gasteiger partial charge on any atom is -0.394 e. The average Bonchev–Trinajstić information content (AvgIpc) is 2.93. The summed E-state index contributed by atoms with van der Waals surface area (Å²) in [6.07, 6.45) is 3.71. The van der Waals surface area contributed by atoms with Gasteiger partial charge in [-0.15, -0.1) is 0 Å². The Morgan fingerprint density at radius 2 is 2.17 bits per heavy atom. The lowest BCUT2D eigenvalue weighted by Crippen LogP contribution is -2.41. The number of hydrogen-bond acceptors (Lipinski definition) is 3. The van der Waals surface area contributed by atoms with Gasteiger partial charge < -0.3 is 10.0 Å². The third kappa shape index (κ3) is 3.45. The molecule has 2 heterocycles. The molecule has 1 aromatic heterocycles. The predicted molar refractivity (Wildman–Crippen MR) is 87.8 cm³/mol. The number of hydrogen-bond donors (Lipinski definition) is 1. The third-order valence-electron chi connectivity index (χ3n) is 4.65. The van der Waals surface area contributed by atoms with Crippen LogP contribution in [0.25, 0.3) is 0 Å². The largest absolute Gasteiger partial charge is 0.394 e. The molecular weight excluding hydrogens is 290 g/mol. The van der Waals surface area contributed by atoms with Crippen molar-refractivity contribution in [1.29, 1.82) is 0 Å². The molecule has 0 radical (unpaired) electrons. The van der Waals surface area contributed by atoms with E-state index in [9.17, 15) is 9.90 Å². The molecule has 1 aromatic carbocycles. The van der Waals surface area contributed by atoms with Crippen LogP contribution in [0, 0.1) is 6.92 Å². The molecule has 3 rings (SSSR count). The number of aromatic nitrogens is 2. The maximum Gasteiger partial charge on any atom is 0.223 e. The van der Waals surface area contributed by atoms with Gasteiger partial charge in [0.25, 0.3) is 0 Å². The van der Waals surface area contributed by atoms with Crippen molar-refractivity contribution < 1.29 is 9.90 Å². The van der Waals surface area contributed by atoms with Gasteiger partial charge in [0.15, 0.2) is 0 Å². The van der Waals surface area contributed by atoms with Crippen LogP contribution >= 0.6 is 0 Å². The van der Waals surface area contributed by atoms with Crippen molar-refractivity contribution in [3.8, 4) is 0 Å². The summed E-state index contributed by atoms with van der Waals surface area (Å²) >= 11 is 0. The Kier molecular flexibility index (Phi) is 4.76. The minimum atomic E-state index is -0.124. The smallest absolute Gasteiger partial charge is 0.223 e. The number of aliphatic hydroxyl groups excluding tert-OH is 1. The fraction of sp³-hybridized carbons (Fsp3) is 0.444. The summed E-state index contributed by atoms with van der Waals surface area (Å²) in [5, 5.41) is 13.9. The van der Waals surface area contributed by atoms with E-state index >= 15 is 0 Å². The van der Waals surface area contributed by atoms with Crippen molar-refractivity contribution in [2.24, 2.45) is 0 Å². The molecule has 1 atom stereocenters. The van der Waals surface area contributed by atoms with E-state index in [0.717, 1.165) is 25.1 Å². The third-order valence-corrected chi connectivity index (χ3v) is 4.65. The monoisotopic (exact) mass is 313 g/mol. The summed E-state index contributed by atoms with van der Waals surface area (Å²) in [4.78, 5) is 14.5. The molecule has 0 fully saturated rings. The van der Waals surface area contributed by atoms with Gasteiger partial charge in [0.1, 0.15) is 0 Å². The summed E-state index contributed by atoms with van der Waals surface area (Å²) < 4.78 is 1.93. The van der Waals surface area contributed by atoms with Crippen molar-refractivity contribution in [3.63, 3.8) is 0 Å². The lowest BCUT2D eigenvalue weighted by Gasteiger charge is -2.28. The molecule has 23 heavy (non-hydrogen) atoms. The Morgan fingerprint density at radius 1 is 1.35 bits per heavy atom. The highest BCUT2D eigenvalue weighted by molar-refractivity contribution is 5.77. The summed E-state index contributed by atoms with van der Waals surface area (Å²) in [6, 6.07) is 9.99. The molecule has 0 spiro atoms. The number of aliphatic hydroxyl groups is 1. The standard InChI is InChI=1S/C18H23N3O2/c1-14-4-2-3-5-15(14)6-7-18(23)20-12-16-8-10-19-21(16)11-9-17(20)13-22/h2-5,8,10,17,22H,6-7,9,11-13H2,1H3/t17-/m0/s1. The van der Waals surface area contributed by atoms with Crippen LogP contribution in [0.2, 0.25) is 0 Å². The fourth-order valence-corrected chi connectivity index (χ4v) is 3.18. The van der Waals surface area contributed by atoms with Gasteiger partial charge in [-0.2, -0.15) is 5.10 Å². The number of fused-ring (bicyclic) bond motifs is 1. The van der Waals surface area contributed by atoms with E-state index in [1.807, 2.05) is 27.8 Å². The first-order valence-corrected chi connectivity index (χ1v) is 8.14. The molecule has 1 aliphatic rings. The summed E-state index contributed by atoms with van der Waals surface area (Å²) in [5.74, 6) is 0.0990. The second-order valence-electron chi connectivity index (χ2n) is 6.12. The molecule has 2 aromatic rings. The Balaban J connectivity index is 1.70. The van der Waals surface area contributed by atoms with Crippen LogP contribution < -0.4 is 0 Å². The Bertz CT molecular complexity index is 680. The normalized spacial score (nSPS) is 17.7. The zero-order valence-corrected chi connectivity index (χ0v) is 13.5. The Labute approximate surface area is 136 Å². The summed E-state index contributed by atoms with van der Waals surface area (Å²) in [6.45, 7) is 3.34. The fourth-order valence-electron chi connectivity index (χ4n) is 3.18. The van der Waals surface area contributed by atoms with Crippen LogP contribution in [0.15, 0.2) is 36.5 Å². The predicted octanol–water partition coefficient (Wildman–Crippen LogP) is 1.92. The van der Waals surface area contributed by atoms with Crippen LogP contribution in [0.4, 0.5) is 0 Å². The number of carbonyl (C=O) groups is 1. The number of amides is 1. The van der Waals surface area contributed by atoms with Gasteiger partial charge in [0.05, 0.1) is 24.9 Å². The number of carbonyl (C=O) groups excluding carboxylic acids is 1. The van der Waals surface area contributed by atoms with Gasteiger partial charge in [-0.3, -0.25) is 9.48 Å². The first-order chi connectivity index (χ1) is 11.2. The molecule has 0 bridgehead atoms. The molecule has 122 valence electrons. The molecular formula is C18H23N3O2. The molecule has 0 saturated heterocycles. The first kappa shape index (κ1) is 15.7. The van der Waals surface area contributed by atoms with Gasteiger partial charge in [-0.25, -0.2) is 0 Å². The van der Waals surface area contributed by atoms with Crippen molar-refractivity contribution >= 4 is 5.91 Å². The summed E-state index contributed by atoms with van der Waals surface area (Å²) in [7, 11) is 0. The minimum absolute atomic E-state index is 0.000932. The highest BCUT2D eigenvalue weighted by atomic mass is 16.3. The molecule has 5 heteroatoms. The van der Waals surface area contributed by atoms with Crippen LogP contribution in [0.5, 0.6) is 0 Å². The van der Waals surface area contributed by atoms with E-state index in [1.54, 1.807) is 6.20 Å². The highest BCUT2D eigenvalue weighted by Gasteiger charge is 2.27. The number of benzene rings is 1. The highest BCUT2D eigenvalue weighted by Crippen LogP contribution is 2.19. The average molecular weight is 313 g/mol. The summed E-state index contributed by atoms with van der Waals surface area (Å²) in [5.41, 5.74) is 3.46. The van der Waals surface area contributed by atoms with Crippen molar-refractivity contribution in [3.05, 3.63) is 53.3 Å². The zero-order chi connectivity index (χ0) is 16.2. The van der Waals surface area contributed by atoms with Crippen LogP contribution in [-0.4, -0.2) is 38.3 Å². The van der Waals surface area contributed by atoms with Crippen LogP contribution in [0.1, 0.15) is 29.7 Å². The molecule has 1 N–H and O–H groups in total. The maximum atomic E-state index is 12.7. The van der Waals surface area contributed by atoms with Crippen molar-refractivity contribution in [2.45, 2.75) is 45.3 Å². The van der Waals surface area contributed by atoms with Gasteiger partial charge in [0.2, 0.25) is 5.91 Å². The number of rotatable bonds is 4. The second-order valence-corrected chi connectivity index (χ2v) is 6.12. The van der Waals surface area contributed by atoms with E-state index in [2.05, 4.69) is 24.2 Å². The van der Waals surface area contributed by atoms with Gasteiger partial charge in [-0.05, 0) is 37.0 Å². The second kappa shape index (κ2) is 6.96. The zero-order valence-electron chi connectivity index (χ0n) is 13.5. The Hall–Kier alpha value is -2.14. The molecule has 0 saturated carbocycles. The number of aryl methyl sites for hydroxylation is 3. The number of nitrogens with zero attached hydrogens (tertiary/aromatic N) is 3. The van der Waals surface area contributed by atoms with E-state index in [0.29, 0.717) is 13.0 Å². The molecule has 1 aliphatic heterocycles. The topological polar surface area (TPSA) is 58.4 Å². The van der Waals surface area contributed by atoms with Gasteiger partial charge in [-0.1, -0.05) is 24.3 Å². The van der Waals surface area contributed by atoms with Crippen LogP contribution in [-0.2, 0) is 24.3 Å². The van der Waals surface area contributed by atoms with Crippen LogP contribution in [0.3, 0.4) is 0 Å². The van der Waals surface area contributed by atoms with E-state index in [4.69, 9.17) is 0 Å². The molecule has 0 aliphatic carbocycles. The van der Waals surface area contributed by atoms with Gasteiger partial charge >= 0.3 is 0 Å². The van der Waals surface area contributed by atoms with E-state index in [1.165, 1.54) is 11.1 Å². The lowest BCUT2D eigenvalue weighted by molar-refractivity contribution is -0.135. The van der Waals surface area contributed by atoms with Crippen molar-refractivity contribution in [2.75, 3.05) is 6.61 Å². The lowest BCUT2D eigenvalue weighted by atomic mass is 10.0. The first-order valence-electron chi connectivity index (χ1n) is 8.14. The maximum absolute atomic E-state index is 12.7. The van der Waals surface area contributed by atoms with Crippen molar-refractivity contribution in [1.82, 2.24) is 14.7 Å². The molecule has 1 amide bonds.